The first kappa shape index (κ1) is 21.4. The lowest BCUT2D eigenvalue weighted by Gasteiger charge is -2.15. The van der Waals surface area contributed by atoms with E-state index in [0.29, 0.717) is 22.9 Å². The molecule has 0 amide bonds. The van der Waals surface area contributed by atoms with Gasteiger partial charge in [0.15, 0.2) is 0 Å². The molecule has 0 saturated heterocycles. The second-order valence-electron chi connectivity index (χ2n) is 7.34. The maximum absolute atomic E-state index is 11.7. The molecule has 5 nitrogen and oxygen atoms in total. The number of rotatable bonds is 9. The third-order valence-corrected chi connectivity index (χ3v) is 4.57. The summed E-state index contributed by atoms with van der Waals surface area (Å²) < 4.78 is 11.7. The Morgan fingerprint density at radius 2 is 1.77 bits per heavy atom. The van der Waals surface area contributed by atoms with E-state index in [2.05, 4.69) is 11.9 Å². The van der Waals surface area contributed by atoms with Crippen LogP contribution in [0.4, 0.5) is 0 Å². The maximum Gasteiger partial charge on any atom is 0.337 e. The first-order valence-electron chi connectivity index (χ1n) is 10.2. The van der Waals surface area contributed by atoms with E-state index < -0.39 is 5.97 Å². The van der Waals surface area contributed by atoms with Crippen LogP contribution in [0.15, 0.2) is 60.7 Å². The number of aromatic nitrogens is 1. The number of para-hydroxylation sites is 1. The van der Waals surface area contributed by atoms with E-state index in [1.807, 2.05) is 62.4 Å². The molecule has 30 heavy (non-hydrogen) atoms. The Morgan fingerprint density at radius 1 is 1.03 bits per heavy atom. The number of carbonyl (C=O) groups is 1. The molecule has 0 aliphatic heterocycles. The number of hydrogen-bond acceptors (Lipinski definition) is 4. The van der Waals surface area contributed by atoms with Crippen LogP contribution in [0.3, 0.4) is 0 Å². The molecule has 1 aromatic heterocycles. The Balaban J connectivity index is 1.88. The van der Waals surface area contributed by atoms with Gasteiger partial charge in [0.05, 0.1) is 23.1 Å². The summed E-state index contributed by atoms with van der Waals surface area (Å²) in [5.41, 5.74) is 3.21. The van der Waals surface area contributed by atoms with Gasteiger partial charge in [0.2, 0.25) is 0 Å². The number of aromatic carboxylic acids is 1. The Hall–Kier alpha value is -3.34. The molecule has 0 radical (unpaired) electrons. The Labute approximate surface area is 177 Å². The lowest BCUT2D eigenvalue weighted by Crippen LogP contribution is -2.10. The Bertz CT molecular complexity index is 996. The molecule has 1 heterocycles. The first-order valence-corrected chi connectivity index (χ1v) is 10.2. The molecular weight excluding hydrogens is 378 g/mol. The standard InChI is InChI=1S/C25H27NO4/c1-4-7-18-10-12-19(13-11-18)29-16-23-21(25(27)28)14-15-22(26-23)20-8-5-6-9-24(20)30-17(2)3/h5-6,8-15,17H,4,7,16H2,1-3H3,(H,27,28). The van der Waals surface area contributed by atoms with Crippen LogP contribution < -0.4 is 9.47 Å². The highest BCUT2D eigenvalue weighted by Gasteiger charge is 2.16. The molecule has 0 bridgehead atoms. The summed E-state index contributed by atoms with van der Waals surface area (Å²) >= 11 is 0. The van der Waals surface area contributed by atoms with Gasteiger partial charge in [0.1, 0.15) is 18.1 Å². The van der Waals surface area contributed by atoms with Gasteiger partial charge in [-0.3, -0.25) is 0 Å². The zero-order valence-corrected chi connectivity index (χ0v) is 17.6. The number of carboxylic acids is 1. The molecule has 3 rings (SSSR count). The smallest absolute Gasteiger partial charge is 0.337 e. The summed E-state index contributed by atoms with van der Waals surface area (Å²) in [4.78, 5) is 16.3. The number of benzene rings is 2. The van der Waals surface area contributed by atoms with Crippen LogP contribution >= 0.6 is 0 Å². The third-order valence-electron chi connectivity index (χ3n) is 4.57. The zero-order chi connectivity index (χ0) is 21.5. The number of nitrogens with zero attached hydrogens (tertiary/aromatic N) is 1. The van der Waals surface area contributed by atoms with Crippen molar-refractivity contribution in [3.63, 3.8) is 0 Å². The van der Waals surface area contributed by atoms with Gasteiger partial charge in [-0.1, -0.05) is 37.6 Å². The summed E-state index contributed by atoms with van der Waals surface area (Å²) in [5, 5.41) is 9.57. The fraction of sp³-hybridized carbons (Fsp3) is 0.280. The molecule has 0 atom stereocenters. The molecule has 0 aliphatic carbocycles. The number of carboxylic acid groups (broad SMARTS) is 1. The van der Waals surface area contributed by atoms with E-state index in [0.717, 1.165) is 18.4 Å². The van der Waals surface area contributed by atoms with Crippen LogP contribution in [-0.2, 0) is 13.0 Å². The van der Waals surface area contributed by atoms with Crippen molar-refractivity contribution in [2.75, 3.05) is 0 Å². The van der Waals surface area contributed by atoms with Gasteiger partial charge in [0, 0.05) is 5.56 Å². The molecule has 0 aliphatic rings. The number of aryl methyl sites for hydroxylation is 1. The summed E-state index contributed by atoms with van der Waals surface area (Å²) in [7, 11) is 0. The van der Waals surface area contributed by atoms with E-state index in [-0.39, 0.29) is 18.3 Å². The highest BCUT2D eigenvalue weighted by atomic mass is 16.5. The molecule has 1 N–H and O–H groups in total. The molecule has 2 aromatic carbocycles. The zero-order valence-electron chi connectivity index (χ0n) is 17.6. The molecule has 3 aromatic rings. The van der Waals surface area contributed by atoms with Crippen LogP contribution in [0, 0.1) is 0 Å². The Kier molecular flexibility index (Phi) is 7.07. The summed E-state index contributed by atoms with van der Waals surface area (Å²) in [6.07, 6.45) is 2.12. The van der Waals surface area contributed by atoms with Crippen molar-refractivity contribution >= 4 is 5.97 Å². The minimum Gasteiger partial charge on any atom is -0.490 e. The summed E-state index contributed by atoms with van der Waals surface area (Å²) in [6.45, 7) is 6.13. The highest BCUT2D eigenvalue weighted by molar-refractivity contribution is 5.89. The number of pyridine rings is 1. The predicted molar refractivity (Wildman–Crippen MR) is 117 cm³/mol. The maximum atomic E-state index is 11.7. The van der Waals surface area contributed by atoms with E-state index in [9.17, 15) is 9.90 Å². The van der Waals surface area contributed by atoms with E-state index in [4.69, 9.17) is 9.47 Å². The van der Waals surface area contributed by atoms with Crippen molar-refractivity contribution in [2.24, 2.45) is 0 Å². The average molecular weight is 405 g/mol. The summed E-state index contributed by atoms with van der Waals surface area (Å²) in [6, 6.07) is 18.7. The van der Waals surface area contributed by atoms with Crippen LogP contribution in [0.1, 0.15) is 48.8 Å². The lowest BCUT2D eigenvalue weighted by atomic mass is 10.1. The quantitative estimate of drug-likeness (QED) is 0.490. The van der Waals surface area contributed by atoms with Crippen LogP contribution in [0.5, 0.6) is 11.5 Å². The van der Waals surface area contributed by atoms with Gasteiger partial charge < -0.3 is 14.6 Å². The minimum absolute atomic E-state index is 0.0166. The fourth-order valence-corrected chi connectivity index (χ4v) is 3.18. The van der Waals surface area contributed by atoms with Gasteiger partial charge >= 0.3 is 5.97 Å². The van der Waals surface area contributed by atoms with Crippen LogP contribution in [0.2, 0.25) is 0 Å². The monoisotopic (exact) mass is 405 g/mol. The molecular formula is C25H27NO4. The molecule has 156 valence electrons. The topological polar surface area (TPSA) is 68.7 Å². The average Bonchev–Trinajstić information content (AvgIpc) is 2.73. The first-order chi connectivity index (χ1) is 14.5. The molecule has 0 fully saturated rings. The van der Waals surface area contributed by atoms with Gasteiger partial charge in [-0.25, -0.2) is 9.78 Å². The predicted octanol–water partition coefficient (Wildman–Crippen LogP) is 5.77. The molecule has 0 unspecified atom stereocenters. The van der Waals surface area contributed by atoms with Crippen molar-refractivity contribution in [3.8, 4) is 22.8 Å². The van der Waals surface area contributed by atoms with E-state index in [1.54, 1.807) is 12.1 Å². The minimum atomic E-state index is -1.03. The van der Waals surface area contributed by atoms with Gasteiger partial charge in [-0.05, 0) is 62.2 Å². The molecule has 0 spiro atoms. The third kappa shape index (κ3) is 5.38. The SMILES string of the molecule is CCCc1ccc(OCc2nc(-c3ccccc3OC(C)C)ccc2C(=O)O)cc1. The number of hydrogen-bond donors (Lipinski definition) is 1. The van der Waals surface area contributed by atoms with Crippen molar-refractivity contribution in [2.45, 2.75) is 46.3 Å². The largest absolute Gasteiger partial charge is 0.490 e. The fourth-order valence-electron chi connectivity index (χ4n) is 3.18. The van der Waals surface area contributed by atoms with Crippen LogP contribution in [-0.4, -0.2) is 22.2 Å². The number of ether oxygens (including phenoxy) is 2. The highest BCUT2D eigenvalue weighted by Crippen LogP contribution is 2.30. The van der Waals surface area contributed by atoms with Gasteiger partial charge in [-0.2, -0.15) is 0 Å². The van der Waals surface area contributed by atoms with Crippen molar-refractivity contribution in [1.82, 2.24) is 4.98 Å². The normalized spacial score (nSPS) is 10.8. The summed E-state index contributed by atoms with van der Waals surface area (Å²) in [5.74, 6) is 0.362. The molecule has 0 saturated carbocycles. The van der Waals surface area contributed by atoms with Crippen molar-refractivity contribution in [1.29, 1.82) is 0 Å². The van der Waals surface area contributed by atoms with Gasteiger partial charge in [0.25, 0.3) is 0 Å². The second kappa shape index (κ2) is 9.92. The van der Waals surface area contributed by atoms with E-state index in [1.165, 1.54) is 5.56 Å². The van der Waals surface area contributed by atoms with E-state index >= 15 is 0 Å². The van der Waals surface area contributed by atoms with Crippen molar-refractivity contribution in [3.05, 3.63) is 77.5 Å². The Morgan fingerprint density at radius 3 is 2.43 bits per heavy atom. The lowest BCUT2D eigenvalue weighted by molar-refractivity contribution is 0.0693. The second-order valence-corrected chi connectivity index (χ2v) is 7.34. The van der Waals surface area contributed by atoms with Crippen molar-refractivity contribution < 1.29 is 19.4 Å². The van der Waals surface area contributed by atoms with Gasteiger partial charge in [-0.15, -0.1) is 0 Å². The van der Waals surface area contributed by atoms with Crippen LogP contribution in [0.25, 0.3) is 11.3 Å². The molecule has 5 heteroatoms.